The highest BCUT2D eigenvalue weighted by molar-refractivity contribution is 5.89. The monoisotopic (exact) mass is 329 g/mol. The maximum Gasteiger partial charge on any atom is 0.227 e. The Morgan fingerprint density at radius 1 is 1.36 bits per heavy atom. The molecule has 0 radical (unpaired) electrons. The van der Waals surface area contributed by atoms with Crippen molar-refractivity contribution in [1.82, 2.24) is 20.1 Å². The van der Waals surface area contributed by atoms with Crippen LogP contribution in [0, 0.1) is 11.8 Å². The molecule has 1 atom stereocenters. The lowest BCUT2D eigenvalue weighted by molar-refractivity contribution is -0.117. The Morgan fingerprint density at radius 3 is 2.59 bits per heavy atom. The van der Waals surface area contributed by atoms with E-state index in [0.29, 0.717) is 30.1 Å². The lowest BCUT2D eigenvalue weighted by Gasteiger charge is -2.19. The summed E-state index contributed by atoms with van der Waals surface area (Å²) in [6.07, 6.45) is 2.64. The number of hydrogen-bond donors (Lipinski definition) is 2. The summed E-state index contributed by atoms with van der Waals surface area (Å²) in [5.74, 6) is 2.69. The molecule has 1 fully saturated rings. The fourth-order valence-electron chi connectivity index (χ4n) is 2.47. The number of hydrogen-bond acceptors (Lipinski definition) is 4. The third-order valence-electron chi connectivity index (χ3n) is 4.38. The van der Waals surface area contributed by atoms with Crippen molar-refractivity contribution < 1.29 is 4.79 Å². The number of halogens is 1. The molecule has 1 unspecified atom stereocenters. The van der Waals surface area contributed by atoms with Crippen LogP contribution < -0.4 is 10.6 Å². The van der Waals surface area contributed by atoms with E-state index in [1.54, 1.807) is 4.68 Å². The molecule has 1 aromatic rings. The van der Waals surface area contributed by atoms with E-state index >= 15 is 0 Å². The van der Waals surface area contributed by atoms with Crippen molar-refractivity contribution in [3.05, 3.63) is 5.82 Å². The van der Waals surface area contributed by atoms with Gasteiger partial charge in [0.25, 0.3) is 0 Å². The van der Waals surface area contributed by atoms with Crippen LogP contribution in [0.15, 0.2) is 0 Å². The van der Waals surface area contributed by atoms with E-state index < -0.39 is 0 Å². The fraction of sp³-hybridized carbons (Fsp3) is 0.800. The zero-order valence-electron chi connectivity index (χ0n) is 13.9. The van der Waals surface area contributed by atoms with Gasteiger partial charge in [-0.1, -0.05) is 20.8 Å². The predicted molar refractivity (Wildman–Crippen MR) is 90.3 cm³/mol. The average molecular weight is 330 g/mol. The van der Waals surface area contributed by atoms with Gasteiger partial charge >= 0.3 is 0 Å². The van der Waals surface area contributed by atoms with Crippen LogP contribution in [0.2, 0.25) is 0 Å². The molecule has 2 rings (SSSR count). The summed E-state index contributed by atoms with van der Waals surface area (Å²) in [4.78, 5) is 16.6. The second-order valence-corrected chi connectivity index (χ2v) is 6.42. The molecule has 7 heteroatoms. The molecule has 0 spiro atoms. The van der Waals surface area contributed by atoms with Crippen LogP contribution in [0.5, 0.6) is 0 Å². The molecule has 2 N–H and O–H groups in total. The van der Waals surface area contributed by atoms with Gasteiger partial charge in [-0.2, -0.15) is 10.1 Å². The molecule has 6 nitrogen and oxygen atoms in total. The van der Waals surface area contributed by atoms with Gasteiger partial charge in [0.2, 0.25) is 11.9 Å². The summed E-state index contributed by atoms with van der Waals surface area (Å²) < 4.78 is 1.68. The molecule has 0 bridgehead atoms. The van der Waals surface area contributed by atoms with Crippen LogP contribution in [-0.4, -0.2) is 33.8 Å². The first-order valence-electron chi connectivity index (χ1n) is 7.89. The van der Waals surface area contributed by atoms with E-state index in [4.69, 9.17) is 0 Å². The van der Waals surface area contributed by atoms with Gasteiger partial charge < -0.3 is 5.32 Å². The van der Waals surface area contributed by atoms with Gasteiger partial charge in [0.15, 0.2) is 5.82 Å². The standard InChI is InChI=1S/C15H27N5O.ClH/c1-10(2)11(3)9-13(21)17-15-18-14(19-20(15)4)12-5-7-16-8-6-12;/h10-12,16H,5-9H2,1-4H3,(H,17,18,19,21);1H. The van der Waals surface area contributed by atoms with E-state index in [-0.39, 0.29) is 18.3 Å². The molecule has 126 valence electrons. The Bertz CT molecular complexity index is 482. The summed E-state index contributed by atoms with van der Waals surface area (Å²) >= 11 is 0. The lowest BCUT2D eigenvalue weighted by atomic mass is 9.94. The molecule has 1 aliphatic heterocycles. The number of carbonyl (C=O) groups is 1. The third kappa shape index (κ3) is 4.95. The van der Waals surface area contributed by atoms with Crippen molar-refractivity contribution in [2.45, 2.75) is 46.0 Å². The Hall–Kier alpha value is -1.14. The summed E-state index contributed by atoms with van der Waals surface area (Å²) in [5, 5.41) is 10.7. The number of nitrogens with zero attached hydrogens (tertiary/aromatic N) is 3. The SMILES string of the molecule is CC(C)C(C)CC(=O)Nc1nc(C2CCNCC2)nn1C.Cl. The Labute approximate surface area is 138 Å². The molecule has 0 aromatic carbocycles. The normalized spacial score (nSPS) is 17.1. The smallest absolute Gasteiger partial charge is 0.227 e. The Morgan fingerprint density at radius 2 is 2.00 bits per heavy atom. The highest BCUT2D eigenvalue weighted by Crippen LogP contribution is 2.23. The van der Waals surface area contributed by atoms with Crippen LogP contribution >= 0.6 is 12.4 Å². The Kier molecular flexibility index (Phi) is 7.29. The quantitative estimate of drug-likeness (QED) is 0.869. The zero-order chi connectivity index (χ0) is 15.4. The minimum atomic E-state index is 0. The van der Waals surface area contributed by atoms with E-state index in [9.17, 15) is 4.79 Å². The topological polar surface area (TPSA) is 71.8 Å². The molecule has 1 saturated heterocycles. The first kappa shape index (κ1) is 18.9. The number of piperidine rings is 1. The molecule has 22 heavy (non-hydrogen) atoms. The Balaban J connectivity index is 0.00000242. The highest BCUT2D eigenvalue weighted by Gasteiger charge is 2.21. The number of anilines is 1. The minimum absolute atomic E-state index is 0. The zero-order valence-corrected chi connectivity index (χ0v) is 14.7. The predicted octanol–water partition coefficient (Wildman–Crippen LogP) is 2.32. The molecular formula is C15H28ClN5O. The number of nitrogens with one attached hydrogen (secondary N) is 2. The summed E-state index contributed by atoms with van der Waals surface area (Å²) in [5.41, 5.74) is 0. The fourth-order valence-corrected chi connectivity index (χ4v) is 2.47. The van der Waals surface area contributed by atoms with Gasteiger partial charge in [0.1, 0.15) is 0 Å². The molecular weight excluding hydrogens is 302 g/mol. The second kappa shape index (κ2) is 8.48. The number of aryl methyl sites for hydroxylation is 1. The van der Waals surface area contributed by atoms with Crippen molar-refractivity contribution in [2.75, 3.05) is 18.4 Å². The molecule has 2 heterocycles. The van der Waals surface area contributed by atoms with Gasteiger partial charge in [0.05, 0.1) is 0 Å². The van der Waals surface area contributed by atoms with E-state index in [0.717, 1.165) is 31.8 Å². The van der Waals surface area contributed by atoms with E-state index in [1.807, 2.05) is 7.05 Å². The largest absolute Gasteiger partial charge is 0.317 e. The van der Waals surface area contributed by atoms with E-state index in [1.165, 1.54) is 0 Å². The van der Waals surface area contributed by atoms with Gasteiger partial charge in [-0.25, -0.2) is 4.68 Å². The number of carbonyl (C=O) groups excluding carboxylic acids is 1. The van der Waals surface area contributed by atoms with Crippen molar-refractivity contribution >= 4 is 24.3 Å². The lowest BCUT2D eigenvalue weighted by Crippen LogP contribution is -2.27. The maximum absolute atomic E-state index is 12.1. The summed E-state index contributed by atoms with van der Waals surface area (Å²) in [6, 6.07) is 0. The average Bonchev–Trinajstić information content (AvgIpc) is 2.81. The third-order valence-corrected chi connectivity index (χ3v) is 4.38. The van der Waals surface area contributed by atoms with Gasteiger partial charge in [0, 0.05) is 19.4 Å². The van der Waals surface area contributed by atoms with Crippen molar-refractivity contribution in [3.8, 4) is 0 Å². The number of rotatable bonds is 5. The van der Waals surface area contributed by atoms with Crippen LogP contribution in [-0.2, 0) is 11.8 Å². The number of aromatic nitrogens is 3. The van der Waals surface area contributed by atoms with Crippen molar-refractivity contribution in [1.29, 1.82) is 0 Å². The van der Waals surface area contributed by atoms with Gasteiger partial charge in [-0.05, 0) is 37.8 Å². The summed E-state index contributed by atoms with van der Waals surface area (Å²) in [6.45, 7) is 8.39. The molecule has 0 aliphatic carbocycles. The second-order valence-electron chi connectivity index (χ2n) is 6.42. The maximum atomic E-state index is 12.1. The first-order valence-corrected chi connectivity index (χ1v) is 7.89. The van der Waals surface area contributed by atoms with Crippen LogP contribution in [0.3, 0.4) is 0 Å². The number of amides is 1. The van der Waals surface area contributed by atoms with Crippen LogP contribution in [0.25, 0.3) is 0 Å². The van der Waals surface area contributed by atoms with E-state index in [2.05, 4.69) is 41.5 Å². The van der Waals surface area contributed by atoms with Crippen LogP contribution in [0.4, 0.5) is 5.95 Å². The summed E-state index contributed by atoms with van der Waals surface area (Å²) in [7, 11) is 1.83. The molecule has 1 amide bonds. The molecule has 1 aromatic heterocycles. The minimum Gasteiger partial charge on any atom is -0.317 e. The molecule has 0 saturated carbocycles. The van der Waals surface area contributed by atoms with Gasteiger partial charge in [-0.15, -0.1) is 12.4 Å². The van der Waals surface area contributed by atoms with Crippen LogP contribution in [0.1, 0.15) is 51.8 Å². The first-order chi connectivity index (χ1) is 9.97. The van der Waals surface area contributed by atoms with Crippen molar-refractivity contribution in [3.63, 3.8) is 0 Å². The molecule has 1 aliphatic rings. The highest BCUT2D eigenvalue weighted by atomic mass is 35.5. The van der Waals surface area contributed by atoms with Gasteiger partial charge in [-0.3, -0.25) is 10.1 Å². The van der Waals surface area contributed by atoms with Crippen molar-refractivity contribution in [2.24, 2.45) is 18.9 Å².